The van der Waals surface area contributed by atoms with Gasteiger partial charge in [0.1, 0.15) is 6.04 Å². The lowest BCUT2D eigenvalue weighted by atomic mass is 9.91. The van der Waals surface area contributed by atoms with E-state index in [-0.39, 0.29) is 17.9 Å². The van der Waals surface area contributed by atoms with Gasteiger partial charge in [-0.3, -0.25) is 9.69 Å². The maximum Gasteiger partial charge on any atom is 0.251 e. The number of carbonyl (C=O) groups excluding carboxylic acids is 1. The van der Waals surface area contributed by atoms with E-state index in [0.717, 1.165) is 13.0 Å². The summed E-state index contributed by atoms with van der Waals surface area (Å²) >= 11 is 5.29. The van der Waals surface area contributed by atoms with Gasteiger partial charge in [-0.05, 0) is 24.2 Å². The molecule has 2 aliphatic heterocycles. The van der Waals surface area contributed by atoms with Crippen molar-refractivity contribution in [1.29, 1.82) is 0 Å². The highest BCUT2D eigenvalue weighted by atomic mass is 32.1. The molecule has 2 saturated heterocycles. The summed E-state index contributed by atoms with van der Waals surface area (Å²) in [5, 5.41) is 0.679. The van der Waals surface area contributed by atoms with Crippen LogP contribution in [0.15, 0.2) is 30.3 Å². The second-order valence-corrected chi connectivity index (χ2v) is 4.99. The van der Waals surface area contributed by atoms with E-state index in [1.54, 1.807) is 11.9 Å². The van der Waals surface area contributed by atoms with Crippen molar-refractivity contribution in [2.45, 2.75) is 18.4 Å². The van der Waals surface area contributed by atoms with Crippen LogP contribution in [-0.2, 0) is 4.79 Å². The minimum absolute atomic E-state index is 0.0742. The number of carbonyl (C=O) groups is 1. The zero-order chi connectivity index (χ0) is 12.0. The van der Waals surface area contributed by atoms with Gasteiger partial charge in [-0.25, -0.2) is 0 Å². The predicted molar refractivity (Wildman–Crippen MR) is 69.7 cm³/mol. The lowest BCUT2D eigenvalue weighted by Crippen LogP contribution is -2.31. The molecule has 0 saturated carbocycles. The Labute approximate surface area is 106 Å². The van der Waals surface area contributed by atoms with Crippen molar-refractivity contribution < 1.29 is 4.79 Å². The highest BCUT2D eigenvalue weighted by Crippen LogP contribution is 2.38. The molecule has 88 valence electrons. The SMILES string of the molecule is CN1C(=O)[C@H]2[C@@H](c3ccccc3)CCN2C1=S. The number of thiocarbonyl (C=S) groups is 1. The third-order valence-electron chi connectivity index (χ3n) is 3.74. The highest BCUT2D eigenvalue weighted by molar-refractivity contribution is 7.80. The van der Waals surface area contributed by atoms with Gasteiger partial charge in [-0.1, -0.05) is 30.3 Å². The molecule has 0 N–H and O–H groups in total. The average molecular weight is 246 g/mol. The third-order valence-corrected chi connectivity index (χ3v) is 4.25. The molecule has 3 nitrogen and oxygen atoms in total. The molecule has 1 aromatic carbocycles. The maximum absolute atomic E-state index is 12.2. The van der Waals surface area contributed by atoms with Crippen molar-refractivity contribution in [2.24, 2.45) is 0 Å². The molecule has 0 aromatic heterocycles. The molecular formula is C13H14N2OS. The Balaban J connectivity index is 1.96. The Morgan fingerprint density at radius 2 is 2.00 bits per heavy atom. The van der Waals surface area contributed by atoms with Gasteiger partial charge >= 0.3 is 0 Å². The smallest absolute Gasteiger partial charge is 0.251 e. The molecule has 3 rings (SSSR count). The van der Waals surface area contributed by atoms with E-state index in [1.807, 2.05) is 18.2 Å². The Kier molecular flexibility index (Phi) is 2.40. The number of nitrogens with zero attached hydrogens (tertiary/aromatic N) is 2. The molecule has 4 heteroatoms. The minimum atomic E-state index is -0.0742. The predicted octanol–water partition coefficient (Wildman–Crippen LogP) is 1.60. The first kappa shape index (κ1) is 10.7. The van der Waals surface area contributed by atoms with Gasteiger partial charge in [-0.2, -0.15) is 0 Å². The van der Waals surface area contributed by atoms with E-state index in [2.05, 4.69) is 17.0 Å². The molecule has 1 amide bonds. The number of hydrogen-bond donors (Lipinski definition) is 0. The van der Waals surface area contributed by atoms with Gasteiger partial charge in [0.05, 0.1) is 0 Å². The number of hydrogen-bond acceptors (Lipinski definition) is 2. The van der Waals surface area contributed by atoms with Crippen LogP contribution < -0.4 is 0 Å². The fourth-order valence-electron chi connectivity index (χ4n) is 2.85. The summed E-state index contributed by atoms with van der Waals surface area (Å²) in [6.07, 6.45) is 1.01. The molecule has 0 unspecified atom stereocenters. The summed E-state index contributed by atoms with van der Waals surface area (Å²) in [6.45, 7) is 0.888. The number of rotatable bonds is 1. The normalized spacial score (nSPS) is 27.8. The Hall–Kier alpha value is -1.42. The fraction of sp³-hybridized carbons (Fsp3) is 0.385. The van der Waals surface area contributed by atoms with Crippen LogP contribution in [0.25, 0.3) is 0 Å². The third kappa shape index (κ3) is 1.47. The molecule has 0 bridgehead atoms. The van der Waals surface area contributed by atoms with Crippen LogP contribution >= 0.6 is 12.2 Å². The molecule has 2 fully saturated rings. The Morgan fingerprint density at radius 1 is 1.29 bits per heavy atom. The van der Waals surface area contributed by atoms with E-state index >= 15 is 0 Å². The summed E-state index contributed by atoms with van der Waals surface area (Å²) in [4.78, 5) is 15.8. The average Bonchev–Trinajstić information content (AvgIpc) is 2.88. The molecule has 17 heavy (non-hydrogen) atoms. The first-order chi connectivity index (χ1) is 8.20. The van der Waals surface area contributed by atoms with E-state index in [4.69, 9.17) is 12.2 Å². The summed E-state index contributed by atoms with van der Waals surface area (Å²) < 4.78 is 0. The van der Waals surface area contributed by atoms with E-state index < -0.39 is 0 Å². The van der Waals surface area contributed by atoms with Crippen LogP contribution in [0, 0.1) is 0 Å². The van der Waals surface area contributed by atoms with Gasteiger partial charge in [0.15, 0.2) is 5.11 Å². The van der Waals surface area contributed by atoms with Crippen molar-refractivity contribution in [3.63, 3.8) is 0 Å². The van der Waals surface area contributed by atoms with Crippen molar-refractivity contribution in [3.8, 4) is 0 Å². The molecule has 2 atom stereocenters. The largest absolute Gasteiger partial charge is 0.336 e. The summed E-state index contributed by atoms with van der Waals surface area (Å²) in [7, 11) is 1.77. The van der Waals surface area contributed by atoms with Crippen LogP contribution in [0.1, 0.15) is 17.9 Å². The standard InChI is InChI=1S/C13H14N2OS/c1-14-12(16)11-10(7-8-15(11)13(14)17)9-5-3-2-4-6-9/h2-6,10-11H,7-8H2,1H3/t10-,11-/m1/s1. The van der Waals surface area contributed by atoms with E-state index in [1.165, 1.54) is 5.56 Å². The molecular weight excluding hydrogens is 232 g/mol. The van der Waals surface area contributed by atoms with Crippen molar-refractivity contribution in [1.82, 2.24) is 9.80 Å². The first-order valence-electron chi connectivity index (χ1n) is 5.83. The lowest BCUT2D eigenvalue weighted by Gasteiger charge is -2.18. The molecule has 0 radical (unpaired) electrons. The molecule has 0 spiro atoms. The van der Waals surface area contributed by atoms with Gasteiger partial charge in [-0.15, -0.1) is 0 Å². The van der Waals surface area contributed by atoms with Crippen LogP contribution in [0.5, 0.6) is 0 Å². The summed E-state index contributed by atoms with van der Waals surface area (Å²) in [6, 6.07) is 10.2. The van der Waals surface area contributed by atoms with Crippen molar-refractivity contribution >= 4 is 23.2 Å². The van der Waals surface area contributed by atoms with E-state index in [0.29, 0.717) is 5.11 Å². The van der Waals surface area contributed by atoms with Crippen LogP contribution in [0.3, 0.4) is 0 Å². The van der Waals surface area contributed by atoms with Gasteiger partial charge < -0.3 is 4.90 Å². The van der Waals surface area contributed by atoms with Crippen LogP contribution in [0.2, 0.25) is 0 Å². The fourth-order valence-corrected chi connectivity index (χ4v) is 3.14. The minimum Gasteiger partial charge on any atom is -0.336 e. The lowest BCUT2D eigenvalue weighted by molar-refractivity contribution is -0.127. The number of fused-ring (bicyclic) bond motifs is 1. The van der Waals surface area contributed by atoms with Crippen LogP contribution in [0.4, 0.5) is 0 Å². The van der Waals surface area contributed by atoms with Crippen molar-refractivity contribution in [2.75, 3.05) is 13.6 Å². The number of benzene rings is 1. The second-order valence-electron chi connectivity index (χ2n) is 4.62. The molecule has 2 heterocycles. The summed E-state index contributed by atoms with van der Waals surface area (Å²) in [5.74, 6) is 0.424. The Morgan fingerprint density at radius 3 is 2.71 bits per heavy atom. The summed E-state index contributed by atoms with van der Waals surface area (Å²) in [5.41, 5.74) is 1.24. The zero-order valence-electron chi connectivity index (χ0n) is 9.67. The van der Waals surface area contributed by atoms with Gasteiger partial charge in [0.25, 0.3) is 5.91 Å². The first-order valence-corrected chi connectivity index (χ1v) is 6.24. The van der Waals surface area contributed by atoms with Gasteiger partial charge in [0.2, 0.25) is 0 Å². The molecule has 2 aliphatic rings. The highest BCUT2D eigenvalue weighted by Gasteiger charge is 2.49. The quantitative estimate of drug-likeness (QED) is 0.703. The monoisotopic (exact) mass is 246 g/mol. The molecule has 1 aromatic rings. The van der Waals surface area contributed by atoms with Crippen molar-refractivity contribution in [3.05, 3.63) is 35.9 Å². The molecule has 0 aliphatic carbocycles. The second kappa shape index (κ2) is 3.81. The number of amides is 1. The maximum atomic E-state index is 12.2. The zero-order valence-corrected chi connectivity index (χ0v) is 10.5. The Bertz CT molecular complexity index is 474. The topological polar surface area (TPSA) is 23.6 Å². The van der Waals surface area contributed by atoms with E-state index in [9.17, 15) is 4.79 Å². The van der Waals surface area contributed by atoms with Gasteiger partial charge in [0, 0.05) is 19.5 Å². The van der Waals surface area contributed by atoms with Crippen LogP contribution in [-0.4, -0.2) is 40.5 Å². The number of likely N-dealkylation sites (N-methyl/N-ethyl adjacent to an activating group) is 1.